The molecular weight excluding hydrogens is 250 g/mol. The van der Waals surface area contributed by atoms with Crippen molar-refractivity contribution in [2.45, 2.75) is 13.8 Å². The predicted molar refractivity (Wildman–Crippen MR) is 72.5 cm³/mol. The van der Waals surface area contributed by atoms with Gasteiger partial charge in [0, 0.05) is 18.2 Å². The summed E-state index contributed by atoms with van der Waals surface area (Å²) in [6, 6.07) is 6.81. The van der Waals surface area contributed by atoms with Gasteiger partial charge in [-0.05, 0) is 24.7 Å². The molecule has 0 fully saturated rings. The van der Waals surface area contributed by atoms with Crippen LogP contribution in [0.3, 0.4) is 0 Å². The van der Waals surface area contributed by atoms with Crippen LogP contribution in [0.1, 0.15) is 19.4 Å². The molecule has 0 radical (unpaired) electrons. The molecule has 0 saturated carbocycles. The van der Waals surface area contributed by atoms with Crippen molar-refractivity contribution in [2.24, 2.45) is 5.92 Å². The molecule has 18 heavy (non-hydrogen) atoms. The van der Waals surface area contributed by atoms with Crippen molar-refractivity contribution in [1.29, 1.82) is 5.26 Å². The van der Waals surface area contributed by atoms with Gasteiger partial charge in [0.15, 0.2) is 0 Å². The van der Waals surface area contributed by atoms with Gasteiger partial charge >= 0.3 is 0 Å². The van der Waals surface area contributed by atoms with Gasteiger partial charge in [-0.15, -0.1) is 0 Å². The Morgan fingerprint density at radius 1 is 1.56 bits per heavy atom. The fourth-order valence-electron chi connectivity index (χ4n) is 1.40. The van der Waals surface area contributed by atoms with Crippen LogP contribution >= 0.6 is 11.6 Å². The third kappa shape index (κ3) is 4.02. The zero-order valence-corrected chi connectivity index (χ0v) is 11.2. The first-order chi connectivity index (χ1) is 8.58. The zero-order chi connectivity index (χ0) is 13.5. The van der Waals surface area contributed by atoms with Gasteiger partial charge in [0.2, 0.25) is 5.91 Å². The number of nitriles is 1. The molecule has 0 aliphatic carbocycles. The largest absolute Gasteiger partial charge is 0.326 e. The highest BCUT2D eigenvalue weighted by atomic mass is 35.5. The van der Waals surface area contributed by atoms with E-state index in [1.54, 1.807) is 18.2 Å². The first-order valence-electron chi connectivity index (χ1n) is 5.79. The van der Waals surface area contributed by atoms with E-state index in [0.29, 0.717) is 22.8 Å². The smallest absolute Gasteiger partial charge is 0.228 e. The molecular formula is C13H16ClN3O. The van der Waals surface area contributed by atoms with Gasteiger partial charge in [-0.3, -0.25) is 4.79 Å². The van der Waals surface area contributed by atoms with Crippen LogP contribution in [-0.4, -0.2) is 19.0 Å². The van der Waals surface area contributed by atoms with Crippen LogP contribution in [0.2, 0.25) is 5.02 Å². The minimum absolute atomic E-state index is 0.0725. The summed E-state index contributed by atoms with van der Waals surface area (Å²) in [6.07, 6.45) is 0. The minimum Gasteiger partial charge on any atom is -0.326 e. The fraction of sp³-hybridized carbons (Fsp3) is 0.385. The molecule has 0 bridgehead atoms. The van der Waals surface area contributed by atoms with Crippen LogP contribution in [-0.2, 0) is 4.79 Å². The van der Waals surface area contributed by atoms with Crippen LogP contribution in [0.15, 0.2) is 18.2 Å². The predicted octanol–water partition coefficient (Wildman–Crippen LogP) is 2.40. The number of hydrogen-bond donors (Lipinski definition) is 2. The Kier molecular flexibility index (Phi) is 5.63. The highest BCUT2D eigenvalue weighted by molar-refractivity contribution is 6.32. The molecule has 1 unspecified atom stereocenters. The average molecular weight is 266 g/mol. The molecule has 1 aromatic rings. The van der Waals surface area contributed by atoms with Gasteiger partial charge in [0.05, 0.1) is 10.6 Å². The molecule has 0 saturated heterocycles. The molecule has 0 spiro atoms. The van der Waals surface area contributed by atoms with Crippen molar-refractivity contribution in [3.8, 4) is 6.07 Å². The maximum atomic E-state index is 11.8. The number of hydrogen-bond acceptors (Lipinski definition) is 3. The second-order valence-corrected chi connectivity index (χ2v) is 4.41. The van der Waals surface area contributed by atoms with Crippen LogP contribution in [0, 0.1) is 17.2 Å². The molecule has 1 aromatic carbocycles. The molecule has 4 nitrogen and oxygen atoms in total. The topological polar surface area (TPSA) is 64.9 Å². The van der Waals surface area contributed by atoms with Crippen molar-refractivity contribution in [2.75, 3.05) is 18.4 Å². The third-order valence-electron chi connectivity index (χ3n) is 2.51. The van der Waals surface area contributed by atoms with Gasteiger partial charge < -0.3 is 10.6 Å². The molecule has 0 aliphatic heterocycles. The van der Waals surface area contributed by atoms with Crippen LogP contribution in [0.25, 0.3) is 0 Å². The summed E-state index contributed by atoms with van der Waals surface area (Å²) in [5.41, 5.74) is 1.00. The number of anilines is 1. The lowest BCUT2D eigenvalue weighted by molar-refractivity contribution is -0.119. The second kappa shape index (κ2) is 7.00. The van der Waals surface area contributed by atoms with E-state index in [1.165, 1.54) is 0 Å². The van der Waals surface area contributed by atoms with E-state index in [9.17, 15) is 4.79 Å². The Labute approximate surface area is 112 Å². The van der Waals surface area contributed by atoms with E-state index in [4.69, 9.17) is 16.9 Å². The molecule has 96 valence electrons. The van der Waals surface area contributed by atoms with Gasteiger partial charge in [-0.2, -0.15) is 5.26 Å². The van der Waals surface area contributed by atoms with E-state index < -0.39 is 0 Å². The highest BCUT2D eigenvalue weighted by Gasteiger charge is 2.12. The number of carbonyl (C=O) groups is 1. The van der Waals surface area contributed by atoms with E-state index >= 15 is 0 Å². The summed E-state index contributed by atoms with van der Waals surface area (Å²) >= 11 is 5.89. The molecule has 1 amide bonds. The normalized spacial score (nSPS) is 11.7. The zero-order valence-electron chi connectivity index (χ0n) is 10.5. The first kappa shape index (κ1) is 14.5. The summed E-state index contributed by atoms with van der Waals surface area (Å²) in [7, 11) is 0. The number of carbonyl (C=O) groups excluding carboxylic acids is 1. The standard InChI is InChI=1S/C13H16ClN3O/c1-3-16-8-9(2)13(18)17-11-5-4-10(7-15)12(14)6-11/h4-6,9,16H,3,8H2,1-2H3,(H,17,18). The summed E-state index contributed by atoms with van der Waals surface area (Å²) in [4.78, 5) is 11.8. The Morgan fingerprint density at radius 3 is 2.83 bits per heavy atom. The van der Waals surface area contributed by atoms with Crippen LogP contribution < -0.4 is 10.6 Å². The summed E-state index contributed by atoms with van der Waals surface area (Å²) in [6.45, 7) is 5.31. The Morgan fingerprint density at radius 2 is 2.28 bits per heavy atom. The first-order valence-corrected chi connectivity index (χ1v) is 6.17. The molecule has 1 atom stereocenters. The maximum Gasteiger partial charge on any atom is 0.228 e. The maximum absolute atomic E-state index is 11.8. The Hall–Kier alpha value is -1.57. The number of halogens is 1. The lowest BCUT2D eigenvalue weighted by atomic mass is 10.1. The molecule has 0 aliphatic rings. The van der Waals surface area contributed by atoms with Crippen LogP contribution in [0.5, 0.6) is 0 Å². The fourth-order valence-corrected chi connectivity index (χ4v) is 1.63. The SMILES string of the molecule is CCNCC(C)C(=O)Nc1ccc(C#N)c(Cl)c1. The highest BCUT2D eigenvalue weighted by Crippen LogP contribution is 2.20. The molecule has 0 heterocycles. The molecule has 5 heteroatoms. The van der Waals surface area contributed by atoms with Crippen molar-refractivity contribution in [3.05, 3.63) is 28.8 Å². The van der Waals surface area contributed by atoms with Crippen molar-refractivity contribution in [1.82, 2.24) is 5.32 Å². The van der Waals surface area contributed by atoms with Crippen molar-refractivity contribution in [3.63, 3.8) is 0 Å². The lowest BCUT2D eigenvalue weighted by Gasteiger charge is -2.12. The Bertz CT molecular complexity index is 468. The lowest BCUT2D eigenvalue weighted by Crippen LogP contribution is -2.30. The number of amides is 1. The summed E-state index contributed by atoms with van der Waals surface area (Å²) in [5.74, 6) is -0.198. The molecule has 1 rings (SSSR count). The Balaban J connectivity index is 2.65. The van der Waals surface area contributed by atoms with E-state index in [2.05, 4.69) is 10.6 Å². The van der Waals surface area contributed by atoms with Gasteiger partial charge in [-0.25, -0.2) is 0 Å². The molecule has 2 N–H and O–H groups in total. The summed E-state index contributed by atoms with van der Waals surface area (Å²) in [5, 5.41) is 15.0. The number of rotatable bonds is 5. The van der Waals surface area contributed by atoms with Crippen LogP contribution in [0.4, 0.5) is 5.69 Å². The number of nitrogens with one attached hydrogen (secondary N) is 2. The van der Waals surface area contributed by atoms with E-state index in [1.807, 2.05) is 19.9 Å². The van der Waals surface area contributed by atoms with Gasteiger partial charge in [-0.1, -0.05) is 25.4 Å². The third-order valence-corrected chi connectivity index (χ3v) is 2.82. The van der Waals surface area contributed by atoms with Gasteiger partial charge in [0.25, 0.3) is 0 Å². The molecule has 0 aromatic heterocycles. The van der Waals surface area contributed by atoms with Crippen molar-refractivity contribution >= 4 is 23.2 Å². The summed E-state index contributed by atoms with van der Waals surface area (Å²) < 4.78 is 0. The second-order valence-electron chi connectivity index (χ2n) is 4.00. The van der Waals surface area contributed by atoms with E-state index in [0.717, 1.165) is 6.54 Å². The van der Waals surface area contributed by atoms with Crippen molar-refractivity contribution < 1.29 is 4.79 Å². The average Bonchev–Trinajstić information content (AvgIpc) is 2.36. The number of nitrogens with zero attached hydrogens (tertiary/aromatic N) is 1. The van der Waals surface area contributed by atoms with E-state index in [-0.39, 0.29) is 11.8 Å². The van der Waals surface area contributed by atoms with Gasteiger partial charge in [0.1, 0.15) is 6.07 Å². The number of benzene rings is 1. The monoisotopic (exact) mass is 265 g/mol. The quantitative estimate of drug-likeness (QED) is 0.859. The minimum atomic E-state index is -0.126.